The zero-order chi connectivity index (χ0) is 13.9. The normalized spacial score (nSPS) is 21.7. The lowest BCUT2D eigenvalue weighted by molar-refractivity contribution is -0.130. The molecule has 1 aliphatic heterocycles. The summed E-state index contributed by atoms with van der Waals surface area (Å²) in [5, 5.41) is 2.95. The lowest BCUT2D eigenvalue weighted by Crippen LogP contribution is -2.39. The van der Waals surface area contributed by atoms with Crippen molar-refractivity contribution in [1.29, 1.82) is 0 Å². The van der Waals surface area contributed by atoms with E-state index >= 15 is 0 Å². The van der Waals surface area contributed by atoms with Crippen LogP contribution in [0.15, 0.2) is 24.3 Å². The molecule has 0 saturated carbocycles. The summed E-state index contributed by atoms with van der Waals surface area (Å²) >= 11 is 0. The van der Waals surface area contributed by atoms with Gasteiger partial charge in [-0.1, -0.05) is 12.1 Å². The molecule has 1 N–H and O–H groups in total. The molecular weight excluding hydrogens is 242 g/mol. The molecule has 1 fully saturated rings. The maximum atomic E-state index is 12.3. The number of nitrogens with one attached hydrogen (secondary N) is 1. The number of carbonyl (C=O) groups is 1. The fourth-order valence-electron chi connectivity index (χ4n) is 2.44. The van der Waals surface area contributed by atoms with Crippen molar-refractivity contribution >= 4 is 11.6 Å². The van der Waals surface area contributed by atoms with E-state index in [0.717, 1.165) is 18.5 Å². The maximum Gasteiger partial charge on any atom is 0.227 e. The smallest absolute Gasteiger partial charge is 0.227 e. The van der Waals surface area contributed by atoms with E-state index in [4.69, 9.17) is 9.47 Å². The van der Waals surface area contributed by atoms with Crippen LogP contribution in [-0.4, -0.2) is 25.2 Å². The van der Waals surface area contributed by atoms with Gasteiger partial charge in [-0.15, -0.1) is 0 Å². The Morgan fingerprint density at radius 1 is 1.42 bits per heavy atom. The molecule has 0 aliphatic carbocycles. The average molecular weight is 263 g/mol. The Labute approximate surface area is 114 Å². The number of amides is 1. The Balaban J connectivity index is 2.04. The highest BCUT2D eigenvalue weighted by Crippen LogP contribution is 2.30. The Hall–Kier alpha value is -1.55. The Morgan fingerprint density at radius 2 is 2.16 bits per heavy atom. The third kappa shape index (κ3) is 3.47. The first-order valence-electron chi connectivity index (χ1n) is 6.60. The second-order valence-corrected chi connectivity index (χ2v) is 5.49. The molecule has 104 valence electrons. The molecule has 1 aromatic carbocycles. The molecule has 1 atom stereocenters. The number of benzene rings is 1. The Bertz CT molecular complexity index is 456. The van der Waals surface area contributed by atoms with Gasteiger partial charge in [0.1, 0.15) is 5.75 Å². The summed E-state index contributed by atoms with van der Waals surface area (Å²) in [7, 11) is 1.60. The number of methoxy groups -OCH3 is 1. The fraction of sp³-hybridized carbons (Fsp3) is 0.533. The van der Waals surface area contributed by atoms with Crippen LogP contribution in [-0.2, 0) is 9.53 Å². The molecule has 0 spiro atoms. The van der Waals surface area contributed by atoms with Gasteiger partial charge in [0.05, 0.1) is 18.4 Å². The molecule has 0 bridgehead atoms. The van der Waals surface area contributed by atoms with Gasteiger partial charge in [-0.3, -0.25) is 4.79 Å². The molecule has 1 aliphatic rings. The van der Waals surface area contributed by atoms with Gasteiger partial charge in [0.15, 0.2) is 0 Å². The van der Waals surface area contributed by atoms with Gasteiger partial charge < -0.3 is 14.8 Å². The predicted octanol–water partition coefficient (Wildman–Crippen LogP) is 2.84. The second kappa shape index (κ2) is 5.61. The average Bonchev–Trinajstić information content (AvgIpc) is 2.38. The summed E-state index contributed by atoms with van der Waals surface area (Å²) in [4.78, 5) is 12.3. The van der Waals surface area contributed by atoms with Crippen LogP contribution >= 0.6 is 0 Å². The number of para-hydroxylation sites is 2. The van der Waals surface area contributed by atoms with Gasteiger partial charge in [-0.05, 0) is 38.8 Å². The highest BCUT2D eigenvalue weighted by atomic mass is 16.5. The van der Waals surface area contributed by atoms with Gasteiger partial charge in [-0.25, -0.2) is 0 Å². The first kappa shape index (κ1) is 13.9. The van der Waals surface area contributed by atoms with E-state index in [-0.39, 0.29) is 17.4 Å². The summed E-state index contributed by atoms with van der Waals surface area (Å²) in [5.74, 6) is 0.719. The lowest BCUT2D eigenvalue weighted by atomic mass is 9.88. The molecule has 1 heterocycles. The molecule has 4 nitrogen and oxygen atoms in total. The molecule has 1 saturated heterocycles. The Morgan fingerprint density at radius 3 is 2.84 bits per heavy atom. The van der Waals surface area contributed by atoms with E-state index in [9.17, 15) is 4.79 Å². The lowest BCUT2D eigenvalue weighted by Gasteiger charge is -2.34. The maximum absolute atomic E-state index is 12.3. The van der Waals surface area contributed by atoms with E-state index in [1.165, 1.54) is 0 Å². The molecule has 0 aromatic heterocycles. The van der Waals surface area contributed by atoms with E-state index < -0.39 is 0 Å². The van der Waals surface area contributed by atoms with Gasteiger partial charge >= 0.3 is 0 Å². The van der Waals surface area contributed by atoms with Crippen molar-refractivity contribution in [2.75, 3.05) is 19.0 Å². The summed E-state index contributed by atoms with van der Waals surface area (Å²) in [6, 6.07) is 7.45. The van der Waals surface area contributed by atoms with Crippen LogP contribution in [0, 0.1) is 5.92 Å². The van der Waals surface area contributed by atoms with Crippen molar-refractivity contribution in [2.24, 2.45) is 5.92 Å². The zero-order valence-corrected chi connectivity index (χ0v) is 11.7. The van der Waals surface area contributed by atoms with Crippen LogP contribution in [0.1, 0.15) is 26.7 Å². The third-order valence-electron chi connectivity index (χ3n) is 3.43. The van der Waals surface area contributed by atoms with Crippen molar-refractivity contribution in [1.82, 2.24) is 0 Å². The van der Waals surface area contributed by atoms with Crippen LogP contribution in [0.2, 0.25) is 0 Å². The Kier molecular flexibility index (Phi) is 4.10. The molecule has 1 aromatic rings. The minimum absolute atomic E-state index is 0.00587. The molecule has 4 heteroatoms. The number of carbonyl (C=O) groups excluding carboxylic acids is 1. The number of ether oxygens (including phenoxy) is 2. The molecular formula is C15H21NO3. The van der Waals surface area contributed by atoms with Crippen LogP contribution in [0.3, 0.4) is 0 Å². The molecule has 2 rings (SSSR count). The first-order valence-corrected chi connectivity index (χ1v) is 6.60. The van der Waals surface area contributed by atoms with E-state index in [1.807, 2.05) is 38.1 Å². The van der Waals surface area contributed by atoms with Crippen molar-refractivity contribution < 1.29 is 14.3 Å². The van der Waals surface area contributed by atoms with Crippen molar-refractivity contribution in [2.45, 2.75) is 32.3 Å². The van der Waals surface area contributed by atoms with Gasteiger partial charge in [0.2, 0.25) is 5.91 Å². The summed E-state index contributed by atoms with van der Waals surface area (Å²) in [6.45, 7) is 4.68. The largest absolute Gasteiger partial charge is 0.495 e. The van der Waals surface area contributed by atoms with Crippen LogP contribution in [0.4, 0.5) is 5.69 Å². The third-order valence-corrected chi connectivity index (χ3v) is 3.43. The summed E-state index contributed by atoms with van der Waals surface area (Å²) < 4.78 is 10.9. The number of anilines is 1. The molecule has 0 radical (unpaired) electrons. The monoisotopic (exact) mass is 263 g/mol. The van der Waals surface area contributed by atoms with Crippen LogP contribution in [0.5, 0.6) is 5.75 Å². The summed E-state index contributed by atoms with van der Waals surface area (Å²) in [5.41, 5.74) is 0.500. The topological polar surface area (TPSA) is 47.6 Å². The minimum Gasteiger partial charge on any atom is -0.495 e. The van der Waals surface area contributed by atoms with E-state index in [1.54, 1.807) is 7.11 Å². The minimum atomic E-state index is -0.221. The van der Waals surface area contributed by atoms with Gasteiger partial charge in [-0.2, -0.15) is 0 Å². The number of hydrogen-bond acceptors (Lipinski definition) is 3. The van der Waals surface area contributed by atoms with Crippen molar-refractivity contribution in [3.05, 3.63) is 24.3 Å². The SMILES string of the molecule is COc1ccccc1NC(=O)C1CCOC(C)(C)C1. The van der Waals surface area contributed by atoms with Crippen LogP contribution < -0.4 is 10.1 Å². The summed E-state index contributed by atoms with van der Waals surface area (Å²) in [6.07, 6.45) is 1.51. The zero-order valence-electron chi connectivity index (χ0n) is 11.7. The van der Waals surface area contributed by atoms with E-state index in [0.29, 0.717) is 12.4 Å². The van der Waals surface area contributed by atoms with E-state index in [2.05, 4.69) is 5.32 Å². The van der Waals surface area contributed by atoms with Crippen LogP contribution in [0.25, 0.3) is 0 Å². The highest BCUT2D eigenvalue weighted by molar-refractivity contribution is 5.94. The number of rotatable bonds is 3. The molecule has 1 unspecified atom stereocenters. The van der Waals surface area contributed by atoms with Gasteiger partial charge in [0.25, 0.3) is 0 Å². The quantitative estimate of drug-likeness (QED) is 0.912. The van der Waals surface area contributed by atoms with Crippen molar-refractivity contribution in [3.8, 4) is 5.75 Å². The standard InChI is InChI=1S/C15H21NO3/c1-15(2)10-11(8-9-19-15)14(17)16-12-6-4-5-7-13(12)18-3/h4-7,11H,8-10H2,1-3H3,(H,16,17). The predicted molar refractivity (Wildman–Crippen MR) is 74.4 cm³/mol. The fourth-order valence-corrected chi connectivity index (χ4v) is 2.44. The highest BCUT2D eigenvalue weighted by Gasteiger charge is 2.33. The second-order valence-electron chi connectivity index (χ2n) is 5.49. The molecule has 1 amide bonds. The first-order chi connectivity index (χ1) is 9.02. The van der Waals surface area contributed by atoms with Gasteiger partial charge in [0, 0.05) is 12.5 Å². The van der Waals surface area contributed by atoms with Crippen molar-refractivity contribution in [3.63, 3.8) is 0 Å². The number of hydrogen-bond donors (Lipinski definition) is 1. The molecule has 19 heavy (non-hydrogen) atoms.